The monoisotopic (exact) mass is 491 g/mol. The molecule has 3 aromatic carbocycles. The molecule has 0 aliphatic rings. The van der Waals surface area contributed by atoms with Crippen molar-refractivity contribution in [2.75, 3.05) is 53.5 Å². The summed E-state index contributed by atoms with van der Waals surface area (Å²) in [5, 5.41) is 13.9. The minimum atomic E-state index is -2.26. The van der Waals surface area contributed by atoms with Gasteiger partial charge in [-0.25, -0.2) is 0 Å². The Bertz CT molecular complexity index is 941. The van der Waals surface area contributed by atoms with Crippen molar-refractivity contribution in [3.05, 3.63) is 91.0 Å². The Morgan fingerprint density at radius 3 is 1.57 bits per heavy atom. The van der Waals surface area contributed by atoms with E-state index in [9.17, 15) is 9.82 Å². The number of likely N-dealkylation sites (N-methyl/N-ethyl adjacent to an activating group) is 3. The van der Waals surface area contributed by atoms with Crippen LogP contribution in [-0.2, 0) is 4.79 Å². The maximum atomic E-state index is 12.5. The molecule has 0 fully saturated rings. The van der Waals surface area contributed by atoms with Crippen molar-refractivity contribution in [3.63, 3.8) is 0 Å². The summed E-state index contributed by atoms with van der Waals surface area (Å²) in [6.45, 7) is 4.26. The first-order valence-corrected chi connectivity index (χ1v) is 14.5. The molecule has 7 heteroatoms. The van der Waals surface area contributed by atoms with Crippen LogP contribution in [0.2, 0.25) is 6.82 Å². The summed E-state index contributed by atoms with van der Waals surface area (Å²) in [4.78, 5) is 18.2. The fourth-order valence-electron chi connectivity index (χ4n) is 4.48. The molecular formula is C28H39BN3O2P. The van der Waals surface area contributed by atoms with Crippen molar-refractivity contribution < 1.29 is 9.82 Å². The van der Waals surface area contributed by atoms with Gasteiger partial charge in [0.2, 0.25) is 0 Å². The van der Waals surface area contributed by atoms with Gasteiger partial charge in [-0.15, -0.1) is 0 Å². The van der Waals surface area contributed by atoms with Crippen molar-refractivity contribution in [2.45, 2.75) is 6.82 Å². The number of amides is 1. The molecule has 0 unspecified atom stereocenters. The van der Waals surface area contributed by atoms with E-state index in [1.165, 1.54) is 15.9 Å². The van der Waals surface area contributed by atoms with Crippen LogP contribution in [0.3, 0.4) is 0 Å². The van der Waals surface area contributed by atoms with Crippen LogP contribution < -0.4 is 15.9 Å². The minimum absolute atomic E-state index is 0.0170. The summed E-state index contributed by atoms with van der Waals surface area (Å²) in [5.74, 6) is 0.0170. The molecule has 5 nitrogen and oxygen atoms in total. The van der Waals surface area contributed by atoms with Gasteiger partial charge in [-0.1, -0.05) is 0 Å². The van der Waals surface area contributed by atoms with E-state index in [1.54, 1.807) is 23.6 Å². The van der Waals surface area contributed by atoms with Crippen LogP contribution in [-0.4, -0.2) is 86.1 Å². The quantitative estimate of drug-likeness (QED) is 0.312. The molecule has 1 N–H and O–H groups in total. The van der Waals surface area contributed by atoms with E-state index in [2.05, 4.69) is 103 Å². The molecule has 1 amide bonds. The zero-order chi connectivity index (χ0) is 25.3. The molecule has 0 atom stereocenters. The van der Waals surface area contributed by atoms with Crippen LogP contribution in [0.4, 0.5) is 0 Å². The standard InChI is InChI=1S/C28H39BN3O2P/c1-29(34)32(4)24-28(33)31(3)21-20-30(2)22-23-35(25-14-8-5-9-15-25,26-16-10-6-11-17-26)27-18-12-7-13-19-27/h5-19,34-35H,20-24H2,1-4H3. The van der Waals surface area contributed by atoms with Gasteiger partial charge in [0.15, 0.2) is 0 Å². The molecule has 0 heterocycles. The van der Waals surface area contributed by atoms with Crippen LogP contribution in [0, 0.1) is 0 Å². The van der Waals surface area contributed by atoms with Crippen LogP contribution >= 0.6 is 7.26 Å². The van der Waals surface area contributed by atoms with Crippen molar-refractivity contribution in [1.82, 2.24) is 14.6 Å². The average molecular weight is 491 g/mol. The number of nitrogens with zero attached hydrogens (tertiary/aromatic N) is 3. The summed E-state index contributed by atoms with van der Waals surface area (Å²) in [6.07, 6.45) is 1.05. The zero-order valence-electron chi connectivity index (χ0n) is 21.5. The fraction of sp³-hybridized carbons (Fsp3) is 0.321. The number of carbonyl (C=O) groups is 1. The van der Waals surface area contributed by atoms with Gasteiger partial charge in [0.25, 0.3) is 0 Å². The van der Waals surface area contributed by atoms with Crippen LogP contribution in [0.25, 0.3) is 0 Å². The van der Waals surface area contributed by atoms with E-state index in [1.807, 2.05) is 7.05 Å². The molecule has 0 saturated heterocycles. The van der Waals surface area contributed by atoms with Crippen molar-refractivity contribution in [3.8, 4) is 0 Å². The molecule has 0 radical (unpaired) electrons. The van der Waals surface area contributed by atoms with E-state index in [0.29, 0.717) is 6.54 Å². The second kappa shape index (κ2) is 13.0. The first-order valence-electron chi connectivity index (χ1n) is 12.3. The third-order valence-electron chi connectivity index (χ3n) is 6.93. The molecule has 0 spiro atoms. The van der Waals surface area contributed by atoms with E-state index in [0.717, 1.165) is 19.3 Å². The predicted molar refractivity (Wildman–Crippen MR) is 153 cm³/mol. The van der Waals surface area contributed by atoms with Gasteiger partial charge in [0.1, 0.15) is 0 Å². The second-order valence-electron chi connectivity index (χ2n) is 9.42. The fourth-order valence-corrected chi connectivity index (χ4v) is 9.35. The molecule has 0 saturated carbocycles. The Hall–Kier alpha value is -2.50. The first kappa shape index (κ1) is 27.1. The molecule has 35 heavy (non-hydrogen) atoms. The maximum absolute atomic E-state index is 12.5. The number of carbonyl (C=O) groups excluding carboxylic acids is 1. The summed E-state index contributed by atoms with van der Waals surface area (Å²) in [5.41, 5.74) is 0. The molecule has 0 aliphatic heterocycles. The van der Waals surface area contributed by atoms with Gasteiger partial charge < -0.3 is 0 Å². The Kier molecular flexibility index (Phi) is 10.1. The van der Waals surface area contributed by atoms with Gasteiger partial charge in [-0.05, 0) is 0 Å². The topological polar surface area (TPSA) is 47.0 Å². The Morgan fingerprint density at radius 2 is 1.17 bits per heavy atom. The summed E-state index contributed by atoms with van der Waals surface area (Å²) in [6, 6.07) is 32.9. The van der Waals surface area contributed by atoms with Gasteiger partial charge in [0, 0.05) is 0 Å². The number of hydrogen-bond acceptors (Lipinski definition) is 4. The van der Waals surface area contributed by atoms with Gasteiger partial charge in [-0.2, -0.15) is 0 Å². The molecule has 3 aromatic rings. The van der Waals surface area contributed by atoms with Crippen molar-refractivity contribution in [1.29, 1.82) is 0 Å². The predicted octanol–water partition coefficient (Wildman–Crippen LogP) is 2.15. The van der Waals surface area contributed by atoms with Gasteiger partial charge in [0.05, 0.1) is 0 Å². The van der Waals surface area contributed by atoms with Crippen LogP contribution in [0.1, 0.15) is 0 Å². The summed E-state index contributed by atoms with van der Waals surface area (Å²) < 4.78 is 0. The average Bonchev–Trinajstić information content (AvgIpc) is 2.89. The Morgan fingerprint density at radius 1 is 0.743 bits per heavy atom. The summed E-state index contributed by atoms with van der Waals surface area (Å²) >= 11 is 0. The molecular weight excluding hydrogens is 452 g/mol. The van der Waals surface area contributed by atoms with E-state index < -0.39 is 14.3 Å². The molecule has 0 aliphatic carbocycles. The Balaban J connectivity index is 1.79. The third kappa shape index (κ3) is 7.02. The molecule has 0 aromatic heterocycles. The SMILES string of the molecule is CB(O)N(C)CC(=O)N(C)CCN(C)CC[PH](c1ccccc1)(c1ccccc1)c1ccccc1. The van der Waals surface area contributed by atoms with E-state index in [-0.39, 0.29) is 12.5 Å². The first-order chi connectivity index (χ1) is 16.8. The van der Waals surface area contributed by atoms with Gasteiger partial charge >= 0.3 is 212 Å². The van der Waals surface area contributed by atoms with Crippen LogP contribution in [0.15, 0.2) is 91.0 Å². The zero-order valence-corrected chi connectivity index (χ0v) is 22.5. The number of benzene rings is 3. The van der Waals surface area contributed by atoms with Crippen LogP contribution in [0.5, 0.6) is 0 Å². The number of hydrogen-bond donors (Lipinski definition) is 1. The van der Waals surface area contributed by atoms with Crippen molar-refractivity contribution >= 4 is 36.1 Å². The van der Waals surface area contributed by atoms with E-state index in [4.69, 9.17) is 0 Å². The van der Waals surface area contributed by atoms with E-state index >= 15 is 0 Å². The second-order valence-corrected chi connectivity index (χ2v) is 13.5. The Labute approximate surface area is 211 Å². The number of rotatable bonds is 12. The normalized spacial score (nSPS) is 12.1. The molecule has 186 valence electrons. The third-order valence-corrected chi connectivity index (χ3v) is 11.9. The molecule has 0 bridgehead atoms. The molecule has 3 rings (SSSR count). The van der Waals surface area contributed by atoms with Gasteiger partial charge in [-0.3, -0.25) is 0 Å². The summed E-state index contributed by atoms with van der Waals surface area (Å²) in [7, 11) is 2.84. The van der Waals surface area contributed by atoms with Crippen molar-refractivity contribution in [2.24, 2.45) is 0 Å².